The summed E-state index contributed by atoms with van der Waals surface area (Å²) in [5.41, 5.74) is 7.04. The zero-order chi connectivity index (χ0) is 14.1. The first-order valence-electron chi connectivity index (χ1n) is 6.54. The van der Waals surface area contributed by atoms with Gasteiger partial charge in [0.1, 0.15) is 0 Å². The number of methoxy groups -OCH3 is 2. The molecule has 0 amide bonds. The van der Waals surface area contributed by atoms with Crippen LogP contribution in [0, 0.1) is 0 Å². The second-order valence-corrected chi connectivity index (χ2v) is 4.86. The quantitative estimate of drug-likeness (QED) is 0.898. The monoisotopic (exact) mass is 275 g/mol. The topological polar surface area (TPSA) is 83.4 Å². The highest BCUT2D eigenvalue weighted by Crippen LogP contribution is 2.39. The smallest absolute Gasteiger partial charge is 0.229 e. The van der Waals surface area contributed by atoms with E-state index in [0.29, 0.717) is 29.1 Å². The molecule has 1 atom stereocenters. The predicted molar refractivity (Wildman–Crippen MR) is 71.8 cm³/mol. The molecule has 1 fully saturated rings. The van der Waals surface area contributed by atoms with Gasteiger partial charge in [-0.1, -0.05) is 11.2 Å². The largest absolute Gasteiger partial charge is 0.493 e. The molecule has 6 nitrogen and oxygen atoms in total. The molecule has 2 N–H and O–H groups in total. The van der Waals surface area contributed by atoms with Gasteiger partial charge in [-0.25, -0.2) is 0 Å². The summed E-state index contributed by atoms with van der Waals surface area (Å²) in [5.74, 6) is 2.91. The Balaban J connectivity index is 1.86. The van der Waals surface area contributed by atoms with E-state index in [1.54, 1.807) is 14.2 Å². The van der Waals surface area contributed by atoms with Crippen LogP contribution in [0.1, 0.15) is 42.1 Å². The van der Waals surface area contributed by atoms with E-state index in [0.717, 1.165) is 18.4 Å². The van der Waals surface area contributed by atoms with Gasteiger partial charge in [-0.05, 0) is 30.5 Å². The standard InChI is InChI=1S/C14H17N3O3/c1-18-10-6-5-9(7-11(10)19-2)12(15)13-16-14(20-17-13)8-3-4-8/h5-8,12H,3-4,15H2,1-2H3. The third kappa shape index (κ3) is 2.34. The van der Waals surface area contributed by atoms with Gasteiger partial charge in [0.05, 0.1) is 20.3 Å². The Bertz CT molecular complexity index is 607. The van der Waals surface area contributed by atoms with Gasteiger partial charge in [0, 0.05) is 5.92 Å². The molecule has 1 aliphatic carbocycles. The molecule has 6 heteroatoms. The third-order valence-corrected chi connectivity index (χ3v) is 3.43. The molecule has 1 unspecified atom stereocenters. The van der Waals surface area contributed by atoms with Gasteiger partial charge in [-0.3, -0.25) is 0 Å². The average Bonchev–Trinajstić information content (AvgIpc) is 3.23. The van der Waals surface area contributed by atoms with Crippen LogP contribution < -0.4 is 15.2 Å². The van der Waals surface area contributed by atoms with Crippen LogP contribution in [0.25, 0.3) is 0 Å². The van der Waals surface area contributed by atoms with Gasteiger partial charge in [0.2, 0.25) is 5.89 Å². The van der Waals surface area contributed by atoms with Crippen LogP contribution in [0.4, 0.5) is 0 Å². The molecule has 106 valence electrons. The van der Waals surface area contributed by atoms with Crippen molar-refractivity contribution in [2.24, 2.45) is 5.73 Å². The maximum absolute atomic E-state index is 6.18. The highest BCUT2D eigenvalue weighted by molar-refractivity contribution is 5.44. The van der Waals surface area contributed by atoms with E-state index in [2.05, 4.69) is 10.1 Å². The molecule has 3 rings (SSSR count). The number of benzene rings is 1. The molecule has 2 aromatic rings. The Morgan fingerprint density at radius 3 is 2.65 bits per heavy atom. The molecule has 0 aliphatic heterocycles. The fraction of sp³-hybridized carbons (Fsp3) is 0.429. The molecule has 0 bridgehead atoms. The minimum atomic E-state index is -0.439. The van der Waals surface area contributed by atoms with Crippen molar-refractivity contribution in [3.63, 3.8) is 0 Å². The average molecular weight is 275 g/mol. The van der Waals surface area contributed by atoms with Crippen molar-refractivity contribution in [2.45, 2.75) is 24.8 Å². The number of nitrogens with two attached hydrogens (primary N) is 1. The van der Waals surface area contributed by atoms with Gasteiger partial charge in [-0.2, -0.15) is 4.98 Å². The molecular weight excluding hydrogens is 258 g/mol. The Hall–Kier alpha value is -2.08. The van der Waals surface area contributed by atoms with Crippen LogP contribution in [-0.4, -0.2) is 24.4 Å². The normalized spacial score (nSPS) is 15.9. The summed E-state index contributed by atoms with van der Waals surface area (Å²) < 4.78 is 15.7. The van der Waals surface area contributed by atoms with Crippen LogP contribution in [0.3, 0.4) is 0 Å². The molecule has 20 heavy (non-hydrogen) atoms. The van der Waals surface area contributed by atoms with Gasteiger partial charge >= 0.3 is 0 Å². The molecule has 1 aromatic carbocycles. The van der Waals surface area contributed by atoms with Crippen molar-refractivity contribution in [3.8, 4) is 11.5 Å². The minimum Gasteiger partial charge on any atom is -0.493 e. The molecule has 0 saturated heterocycles. The number of rotatable bonds is 5. The van der Waals surface area contributed by atoms with E-state index in [1.165, 1.54) is 0 Å². The number of ether oxygens (including phenoxy) is 2. The highest BCUT2D eigenvalue weighted by atomic mass is 16.5. The molecule has 0 spiro atoms. The Morgan fingerprint density at radius 2 is 2.00 bits per heavy atom. The lowest BCUT2D eigenvalue weighted by Gasteiger charge is -2.12. The van der Waals surface area contributed by atoms with Crippen LogP contribution in [0.15, 0.2) is 22.7 Å². The zero-order valence-electron chi connectivity index (χ0n) is 11.5. The van der Waals surface area contributed by atoms with Crippen LogP contribution >= 0.6 is 0 Å². The first-order chi connectivity index (χ1) is 9.72. The lowest BCUT2D eigenvalue weighted by atomic mass is 10.1. The van der Waals surface area contributed by atoms with Crippen molar-refractivity contribution in [1.82, 2.24) is 10.1 Å². The summed E-state index contributed by atoms with van der Waals surface area (Å²) in [7, 11) is 3.19. The number of aromatic nitrogens is 2. The van der Waals surface area contributed by atoms with E-state index < -0.39 is 6.04 Å². The Morgan fingerprint density at radius 1 is 1.25 bits per heavy atom. The molecular formula is C14H17N3O3. The van der Waals surface area contributed by atoms with Crippen LogP contribution in [0.2, 0.25) is 0 Å². The summed E-state index contributed by atoms with van der Waals surface area (Å²) in [6.45, 7) is 0. The van der Waals surface area contributed by atoms with Crippen molar-refractivity contribution >= 4 is 0 Å². The Labute approximate surface area is 116 Å². The maximum atomic E-state index is 6.18. The summed E-state index contributed by atoms with van der Waals surface area (Å²) in [6, 6.07) is 5.08. The number of nitrogens with zero attached hydrogens (tertiary/aromatic N) is 2. The second-order valence-electron chi connectivity index (χ2n) is 4.86. The van der Waals surface area contributed by atoms with E-state index in [-0.39, 0.29) is 0 Å². The van der Waals surface area contributed by atoms with Crippen LogP contribution in [-0.2, 0) is 0 Å². The lowest BCUT2D eigenvalue weighted by molar-refractivity contribution is 0.354. The molecule has 1 aliphatic rings. The van der Waals surface area contributed by atoms with Gasteiger partial charge in [0.15, 0.2) is 17.3 Å². The van der Waals surface area contributed by atoms with Crippen molar-refractivity contribution in [1.29, 1.82) is 0 Å². The molecule has 1 aromatic heterocycles. The second kappa shape index (κ2) is 5.13. The highest BCUT2D eigenvalue weighted by Gasteiger charge is 2.30. The van der Waals surface area contributed by atoms with E-state index >= 15 is 0 Å². The van der Waals surface area contributed by atoms with E-state index in [1.807, 2.05) is 18.2 Å². The fourth-order valence-electron chi connectivity index (χ4n) is 2.07. The van der Waals surface area contributed by atoms with Crippen molar-refractivity contribution in [3.05, 3.63) is 35.5 Å². The van der Waals surface area contributed by atoms with E-state index in [9.17, 15) is 0 Å². The van der Waals surface area contributed by atoms with Gasteiger partial charge in [0.25, 0.3) is 0 Å². The SMILES string of the molecule is COc1ccc(C(N)c2noc(C3CC3)n2)cc1OC. The number of hydrogen-bond donors (Lipinski definition) is 1. The summed E-state index contributed by atoms with van der Waals surface area (Å²) in [5, 5.41) is 3.97. The van der Waals surface area contributed by atoms with Crippen molar-refractivity contribution < 1.29 is 14.0 Å². The number of hydrogen-bond acceptors (Lipinski definition) is 6. The zero-order valence-corrected chi connectivity index (χ0v) is 11.5. The van der Waals surface area contributed by atoms with Crippen LogP contribution in [0.5, 0.6) is 11.5 Å². The first-order valence-corrected chi connectivity index (χ1v) is 6.54. The summed E-state index contributed by atoms with van der Waals surface area (Å²) in [4.78, 5) is 4.37. The molecule has 1 heterocycles. The molecule has 1 saturated carbocycles. The lowest BCUT2D eigenvalue weighted by Crippen LogP contribution is -2.13. The third-order valence-electron chi connectivity index (χ3n) is 3.43. The summed E-state index contributed by atoms with van der Waals surface area (Å²) in [6.07, 6.45) is 2.24. The van der Waals surface area contributed by atoms with Gasteiger partial charge in [-0.15, -0.1) is 0 Å². The Kier molecular flexibility index (Phi) is 3.31. The summed E-state index contributed by atoms with van der Waals surface area (Å²) >= 11 is 0. The predicted octanol–water partition coefficient (Wildman–Crippen LogP) is 2.01. The fourth-order valence-corrected chi connectivity index (χ4v) is 2.07. The van der Waals surface area contributed by atoms with E-state index in [4.69, 9.17) is 19.7 Å². The molecule has 0 radical (unpaired) electrons. The van der Waals surface area contributed by atoms with Crippen molar-refractivity contribution in [2.75, 3.05) is 14.2 Å². The minimum absolute atomic E-state index is 0.425. The first kappa shape index (κ1) is 12.9. The maximum Gasteiger partial charge on any atom is 0.229 e. The van der Waals surface area contributed by atoms with Gasteiger partial charge < -0.3 is 19.7 Å².